The van der Waals surface area contributed by atoms with Crippen molar-refractivity contribution >= 4 is 33.0 Å². The lowest BCUT2D eigenvalue weighted by molar-refractivity contribution is -0.113. The Kier molecular flexibility index (Phi) is 4.37. The highest BCUT2D eigenvalue weighted by molar-refractivity contribution is 9.10. The molecule has 3 heteroatoms. The van der Waals surface area contributed by atoms with E-state index in [-0.39, 0.29) is 6.10 Å². The molecule has 2 nitrogen and oxygen atoms in total. The lowest BCUT2D eigenvalue weighted by Crippen LogP contribution is -2.17. The number of benzene rings is 2. The predicted molar refractivity (Wildman–Crippen MR) is 77.0 cm³/mol. The van der Waals surface area contributed by atoms with E-state index in [2.05, 4.69) is 15.9 Å². The molecule has 0 aliphatic carbocycles. The molecule has 2 aromatic carbocycles. The number of hydrogen-bond donors (Lipinski definition) is 0. The van der Waals surface area contributed by atoms with E-state index in [9.17, 15) is 4.79 Å². The minimum atomic E-state index is -0.361. The Morgan fingerprint density at radius 3 is 2.61 bits per heavy atom. The van der Waals surface area contributed by atoms with Gasteiger partial charge in [0.2, 0.25) is 0 Å². The van der Waals surface area contributed by atoms with Gasteiger partial charge in [-0.15, -0.1) is 0 Å². The van der Waals surface area contributed by atoms with Crippen molar-refractivity contribution in [3.8, 4) is 5.75 Å². The highest BCUT2D eigenvalue weighted by Gasteiger charge is 2.11. The third-order valence-corrected chi connectivity index (χ3v) is 3.53. The van der Waals surface area contributed by atoms with Crippen LogP contribution in [0.3, 0.4) is 0 Å². The molecule has 1 atom stereocenters. The van der Waals surface area contributed by atoms with Gasteiger partial charge in [-0.3, -0.25) is 4.79 Å². The van der Waals surface area contributed by atoms with Crippen LogP contribution in [0.1, 0.15) is 19.8 Å². The lowest BCUT2D eigenvalue weighted by Gasteiger charge is -2.15. The van der Waals surface area contributed by atoms with Crippen LogP contribution in [0.15, 0.2) is 40.9 Å². The van der Waals surface area contributed by atoms with Crippen LogP contribution in [0.25, 0.3) is 10.8 Å². The van der Waals surface area contributed by atoms with Crippen molar-refractivity contribution in [3.05, 3.63) is 40.9 Å². The largest absolute Gasteiger partial charge is 0.482 e. The van der Waals surface area contributed by atoms with Gasteiger partial charge in [-0.2, -0.15) is 0 Å². The molecule has 0 aliphatic rings. The Morgan fingerprint density at radius 2 is 1.94 bits per heavy atom. The van der Waals surface area contributed by atoms with Gasteiger partial charge in [0, 0.05) is 9.86 Å². The number of carbonyl (C=O) groups excluding carboxylic acids is 1. The SMILES string of the molecule is CCCC(C=O)Oc1ccc(Br)c2ccccc12. The monoisotopic (exact) mass is 306 g/mol. The molecule has 0 amide bonds. The van der Waals surface area contributed by atoms with Crippen LogP contribution in [-0.4, -0.2) is 12.4 Å². The van der Waals surface area contributed by atoms with Gasteiger partial charge in [-0.1, -0.05) is 53.5 Å². The molecule has 0 radical (unpaired) electrons. The number of hydrogen-bond acceptors (Lipinski definition) is 2. The maximum absolute atomic E-state index is 11.0. The fourth-order valence-corrected chi connectivity index (χ4v) is 2.42. The van der Waals surface area contributed by atoms with Gasteiger partial charge in [0.25, 0.3) is 0 Å². The quantitative estimate of drug-likeness (QED) is 0.768. The minimum Gasteiger partial charge on any atom is -0.482 e. The number of fused-ring (bicyclic) bond motifs is 1. The molecule has 0 bridgehead atoms. The summed E-state index contributed by atoms with van der Waals surface area (Å²) in [7, 11) is 0. The zero-order valence-electron chi connectivity index (χ0n) is 10.2. The van der Waals surface area contributed by atoms with Crippen molar-refractivity contribution in [3.63, 3.8) is 0 Å². The number of rotatable bonds is 5. The number of aldehydes is 1. The van der Waals surface area contributed by atoms with Gasteiger partial charge in [-0.25, -0.2) is 0 Å². The summed E-state index contributed by atoms with van der Waals surface area (Å²) in [5.41, 5.74) is 0. The fourth-order valence-electron chi connectivity index (χ4n) is 1.94. The first-order chi connectivity index (χ1) is 8.76. The summed E-state index contributed by atoms with van der Waals surface area (Å²) >= 11 is 3.52. The zero-order chi connectivity index (χ0) is 13.0. The molecule has 2 aromatic rings. The molecule has 0 aromatic heterocycles. The second-order valence-corrected chi connectivity index (χ2v) is 5.03. The molecule has 1 unspecified atom stereocenters. The van der Waals surface area contributed by atoms with Crippen LogP contribution in [0.2, 0.25) is 0 Å². The summed E-state index contributed by atoms with van der Waals surface area (Å²) in [6.45, 7) is 2.04. The summed E-state index contributed by atoms with van der Waals surface area (Å²) in [5, 5.41) is 2.12. The number of halogens is 1. The van der Waals surface area contributed by atoms with Gasteiger partial charge in [0.1, 0.15) is 5.75 Å². The molecule has 0 saturated carbocycles. The fraction of sp³-hybridized carbons (Fsp3) is 0.267. The highest BCUT2D eigenvalue weighted by Crippen LogP contribution is 2.32. The second-order valence-electron chi connectivity index (χ2n) is 4.17. The van der Waals surface area contributed by atoms with Crippen molar-refractivity contribution in [2.24, 2.45) is 0 Å². The molecule has 0 heterocycles. The third-order valence-electron chi connectivity index (χ3n) is 2.83. The third kappa shape index (κ3) is 2.72. The predicted octanol–water partition coefficient (Wildman–Crippen LogP) is 4.35. The molecule has 0 saturated heterocycles. The van der Waals surface area contributed by atoms with Crippen LogP contribution in [-0.2, 0) is 4.79 Å². The molecular weight excluding hydrogens is 292 g/mol. The highest BCUT2D eigenvalue weighted by atomic mass is 79.9. The summed E-state index contributed by atoms with van der Waals surface area (Å²) in [5.74, 6) is 0.763. The van der Waals surface area contributed by atoms with E-state index in [1.165, 1.54) is 0 Å². The number of ether oxygens (including phenoxy) is 1. The maximum atomic E-state index is 11.0. The van der Waals surface area contributed by atoms with Crippen LogP contribution in [0.4, 0.5) is 0 Å². The van der Waals surface area contributed by atoms with E-state index in [1.54, 1.807) is 0 Å². The first-order valence-electron chi connectivity index (χ1n) is 6.05. The van der Waals surface area contributed by atoms with Crippen molar-refractivity contribution in [1.82, 2.24) is 0 Å². The summed E-state index contributed by atoms with van der Waals surface area (Å²) in [6.07, 6.45) is 2.19. The second kappa shape index (κ2) is 6.01. The molecule has 2 rings (SSSR count). The first-order valence-corrected chi connectivity index (χ1v) is 6.84. The Balaban J connectivity index is 2.39. The molecule has 0 aliphatic heterocycles. The van der Waals surface area contributed by atoms with Crippen LogP contribution in [0, 0.1) is 0 Å². The van der Waals surface area contributed by atoms with E-state index >= 15 is 0 Å². The normalized spacial score (nSPS) is 12.3. The van der Waals surface area contributed by atoms with Crippen molar-refractivity contribution in [1.29, 1.82) is 0 Å². The average Bonchev–Trinajstić information content (AvgIpc) is 2.41. The molecular formula is C15H15BrO2. The van der Waals surface area contributed by atoms with E-state index in [4.69, 9.17) is 4.74 Å². The van der Waals surface area contributed by atoms with Crippen LogP contribution < -0.4 is 4.74 Å². The minimum absolute atomic E-state index is 0.361. The Morgan fingerprint density at radius 1 is 1.22 bits per heavy atom. The average molecular weight is 307 g/mol. The van der Waals surface area contributed by atoms with Gasteiger partial charge < -0.3 is 4.74 Å². The van der Waals surface area contributed by atoms with Crippen molar-refractivity contribution < 1.29 is 9.53 Å². The zero-order valence-corrected chi connectivity index (χ0v) is 11.8. The van der Waals surface area contributed by atoms with Gasteiger partial charge in [-0.05, 0) is 23.9 Å². The lowest BCUT2D eigenvalue weighted by atomic mass is 10.1. The smallest absolute Gasteiger partial charge is 0.160 e. The van der Waals surface area contributed by atoms with Gasteiger partial charge in [0.05, 0.1) is 0 Å². The first kappa shape index (κ1) is 13.1. The molecule has 94 valence electrons. The molecule has 0 fully saturated rings. The van der Waals surface area contributed by atoms with Crippen molar-refractivity contribution in [2.75, 3.05) is 0 Å². The van der Waals surface area contributed by atoms with Crippen LogP contribution in [0.5, 0.6) is 5.75 Å². The van der Waals surface area contributed by atoms with Gasteiger partial charge >= 0.3 is 0 Å². The topological polar surface area (TPSA) is 26.3 Å². The van der Waals surface area contributed by atoms with Crippen molar-refractivity contribution in [2.45, 2.75) is 25.9 Å². The number of carbonyl (C=O) groups is 1. The standard InChI is InChI=1S/C15H15BrO2/c1-2-5-11(10-17)18-15-9-8-14(16)12-6-3-4-7-13(12)15/h3-4,6-11H,2,5H2,1H3. The summed E-state index contributed by atoms with van der Waals surface area (Å²) in [6, 6.07) is 11.8. The van der Waals surface area contributed by atoms with E-state index in [1.807, 2.05) is 43.3 Å². The Hall–Kier alpha value is -1.35. The van der Waals surface area contributed by atoms with E-state index < -0.39 is 0 Å². The molecule has 0 spiro atoms. The van der Waals surface area contributed by atoms with Gasteiger partial charge in [0.15, 0.2) is 12.4 Å². The molecule has 0 N–H and O–H groups in total. The Bertz CT molecular complexity index is 551. The maximum Gasteiger partial charge on any atom is 0.160 e. The van der Waals surface area contributed by atoms with E-state index in [0.717, 1.165) is 40.1 Å². The van der Waals surface area contributed by atoms with Crippen LogP contribution >= 0.6 is 15.9 Å². The summed E-state index contributed by atoms with van der Waals surface area (Å²) < 4.78 is 6.81. The molecule has 18 heavy (non-hydrogen) atoms. The Labute approximate surface area is 115 Å². The van der Waals surface area contributed by atoms with E-state index in [0.29, 0.717) is 0 Å². The summed E-state index contributed by atoms with van der Waals surface area (Å²) in [4.78, 5) is 11.0.